The molecule has 1 aromatic heterocycles. The minimum Gasteiger partial charge on any atom is -0.383 e. The fourth-order valence-electron chi connectivity index (χ4n) is 1.92. The molecular formula is C15H16N6O2. The molecule has 2 aromatic rings. The van der Waals surface area contributed by atoms with Crippen molar-refractivity contribution >= 4 is 29.4 Å². The van der Waals surface area contributed by atoms with E-state index in [0.717, 1.165) is 0 Å². The van der Waals surface area contributed by atoms with Gasteiger partial charge >= 0.3 is 6.03 Å². The lowest BCUT2D eigenvalue weighted by atomic mass is 10.2. The zero-order valence-electron chi connectivity index (χ0n) is 12.3. The largest absolute Gasteiger partial charge is 0.383 e. The van der Waals surface area contributed by atoms with Crippen molar-refractivity contribution in [2.45, 2.75) is 0 Å². The molecule has 0 aliphatic heterocycles. The third kappa shape index (κ3) is 3.82. The number of nitrogens with one attached hydrogen (secondary N) is 1. The van der Waals surface area contributed by atoms with Gasteiger partial charge in [-0.25, -0.2) is 9.78 Å². The lowest BCUT2D eigenvalue weighted by Crippen LogP contribution is -2.32. The van der Waals surface area contributed by atoms with E-state index in [1.165, 1.54) is 11.1 Å². The summed E-state index contributed by atoms with van der Waals surface area (Å²) in [7, 11) is 0. The van der Waals surface area contributed by atoms with E-state index in [-0.39, 0.29) is 23.2 Å². The smallest absolute Gasteiger partial charge is 0.319 e. The molecule has 8 heteroatoms. The Morgan fingerprint density at radius 1 is 1.30 bits per heavy atom. The number of hydrogen-bond donors (Lipinski definition) is 3. The average molecular weight is 312 g/mol. The van der Waals surface area contributed by atoms with Crippen molar-refractivity contribution in [1.29, 1.82) is 0 Å². The van der Waals surface area contributed by atoms with Crippen LogP contribution in [0.1, 0.15) is 10.4 Å². The molecule has 5 N–H and O–H groups in total. The van der Waals surface area contributed by atoms with E-state index in [1.54, 1.807) is 18.2 Å². The summed E-state index contributed by atoms with van der Waals surface area (Å²) in [5, 5.41) is 2.19. The van der Waals surface area contributed by atoms with E-state index in [9.17, 15) is 9.59 Å². The number of benzene rings is 1. The third-order valence-electron chi connectivity index (χ3n) is 2.91. The SMILES string of the molecule is C=CCN(C(=O)c1cnc(NC(N)=O)nc1N)c1ccccc1. The number of carbonyl (C=O) groups is 2. The van der Waals surface area contributed by atoms with E-state index >= 15 is 0 Å². The molecule has 0 aliphatic rings. The Labute approximate surface area is 132 Å². The average Bonchev–Trinajstić information content (AvgIpc) is 2.52. The molecule has 1 aromatic carbocycles. The predicted octanol–water partition coefficient (Wildman–Crippen LogP) is 1.38. The number of aromatic nitrogens is 2. The first-order valence-electron chi connectivity index (χ1n) is 6.69. The van der Waals surface area contributed by atoms with Gasteiger partial charge in [-0.05, 0) is 12.1 Å². The molecule has 0 atom stereocenters. The maximum Gasteiger partial charge on any atom is 0.319 e. The number of para-hydroxylation sites is 1. The predicted molar refractivity (Wildman–Crippen MR) is 88.0 cm³/mol. The minimum atomic E-state index is -0.818. The maximum absolute atomic E-state index is 12.7. The van der Waals surface area contributed by atoms with Crippen LogP contribution in [0.25, 0.3) is 0 Å². The highest BCUT2D eigenvalue weighted by atomic mass is 16.2. The highest BCUT2D eigenvalue weighted by Crippen LogP contribution is 2.19. The Balaban J connectivity index is 2.33. The molecule has 0 saturated carbocycles. The molecular weight excluding hydrogens is 296 g/mol. The number of nitrogen functional groups attached to an aromatic ring is 1. The molecule has 0 saturated heterocycles. The van der Waals surface area contributed by atoms with Crippen molar-refractivity contribution < 1.29 is 9.59 Å². The Morgan fingerprint density at radius 3 is 2.57 bits per heavy atom. The molecule has 0 unspecified atom stereocenters. The van der Waals surface area contributed by atoms with Crippen LogP contribution in [0.4, 0.5) is 22.2 Å². The Bertz CT molecular complexity index is 732. The molecule has 0 aliphatic carbocycles. The van der Waals surface area contributed by atoms with E-state index < -0.39 is 6.03 Å². The van der Waals surface area contributed by atoms with Gasteiger partial charge in [-0.15, -0.1) is 6.58 Å². The third-order valence-corrected chi connectivity index (χ3v) is 2.91. The highest BCUT2D eigenvalue weighted by Gasteiger charge is 2.20. The molecule has 23 heavy (non-hydrogen) atoms. The van der Waals surface area contributed by atoms with Crippen LogP contribution in [0.15, 0.2) is 49.2 Å². The molecule has 118 valence electrons. The van der Waals surface area contributed by atoms with Crippen LogP contribution in [0.5, 0.6) is 0 Å². The number of amides is 3. The highest BCUT2D eigenvalue weighted by molar-refractivity contribution is 6.08. The van der Waals surface area contributed by atoms with E-state index in [0.29, 0.717) is 12.2 Å². The van der Waals surface area contributed by atoms with Crippen LogP contribution in [0.2, 0.25) is 0 Å². The molecule has 0 spiro atoms. The fraction of sp³-hybridized carbons (Fsp3) is 0.0667. The first-order valence-corrected chi connectivity index (χ1v) is 6.69. The zero-order valence-corrected chi connectivity index (χ0v) is 12.3. The summed E-state index contributed by atoms with van der Waals surface area (Å²) in [4.78, 5) is 32.7. The van der Waals surface area contributed by atoms with Gasteiger partial charge in [0.1, 0.15) is 11.4 Å². The minimum absolute atomic E-state index is 0.0567. The number of carbonyl (C=O) groups excluding carboxylic acids is 2. The van der Waals surface area contributed by atoms with Gasteiger partial charge in [0.2, 0.25) is 5.95 Å². The van der Waals surface area contributed by atoms with Crippen molar-refractivity contribution in [3.63, 3.8) is 0 Å². The van der Waals surface area contributed by atoms with Gasteiger partial charge < -0.3 is 16.4 Å². The number of primary amides is 1. The van der Waals surface area contributed by atoms with Gasteiger partial charge in [0.15, 0.2) is 0 Å². The summed E-state index contributed by atoms with van der Waals surface area (Å²) in [6.07, 6.45) is 2.85. The molecule has 0 radical (unpaired) electrons. The van der Waals surface area contributed by atoms with Gasteiger partial charge in [-0.2, -0.15) is 4.98 Å². The monoisotopic (exact) mass is 312 g/mol. The van der Waals surface area contributed by atoms with Crippen LogP contribution < -0.4 is 21.7 Å². The second-order valence-corrected chi connectivity index (χ2v) is 4.52. The Kier molecular flexibility index (Phi) is 4.88. The standard InChI is InChI=1S/C15H16N6O2/c1-2-8-21(10-6-4-3-5-7-10)13(22)11-9-18-15(19-12(11)16)20-14(17)23/h2-7,9H,1,8H2,(H5,16,17,18,19,20,23). The molecule has 0 bridgehead atoms. The Morgan fingerprint density at radius 2 is 2.00 bits per heavy atom. The summed E-state index contributed by atoms with van der Waals surface area (Å²) in [6.45, 7) is 3.95. The van der Waals surface area contributed by atoms with E-state index in [2.05, 4.69) is 21.9 Å². The molecule has 8 nitrogen and oxygen atoms in total. The summed E-state index contributed by atoms with van der Waals surface area (Å²) in [5.41, 5.74) is 11.6. The van der Waals surface area contributed by atoms with E-state index in [4.69, 9.17) is 11.5 Å². The van der Waals surface area contributed by atoms with Gasteiger partial charge in [0.25, 0.3) is 5.91 Å². The topological polar surface area (TPSA) is 127 Å². The quantitative estimate of drug-likeness (QED) is 0.719. The summed E-state index contributed by atoms with van der Waals surface area (Å²) < 4.78 is 0. The molecule has 3 amide bonds. The lowest BCUT2D eigenvalue weighted by molar-refractivity contribution is 0.0990. The van der Waals surface area contributed by atoms with E-state index in [1.807, 2.05) is 18.2 Å². The lowest BCUT2D eigenvalue weighted by Gasteiger charge is -2.21. The first kappa shape index (κ1) is 16.0. The van der Waals surface area contributed by atoms with Crippen molar-refractivity contribution in [2.75, 3.05) is 22.5 Å². The van der Waals surface area contributed by atoms with Crippen LogP contribution >= 0.6 is 0 Å². The Hall–Kier alpha value is -3.42. The second kappa shape index (κ2) is 7.03. The van der Waals surface area contributed by atoms with Crippen molar-refractivity contribution in [2.24, 2.45) is 5.73 Å². The molecule has 1 heterocycles. The van der Waals surface area contributed by atoms with Gasteiger partial charge in [-0.1, -0.05) is 24.3 Å². The first-order chi connectivity index (χ1) is 11.0. The normalized spacial score (nSPS) is 9.91. The zero-order chi connectivity index (χ0) is 16.8. The number of urea groups is 1. The number of nitrogens with zero attached hydrogens (tertiary/aromatic N) is 3. The number of rotatable bonds is 5. The van der Waals surface area contributed by atoms with Crippen LogP contribution in [-0.4, -0.2) is 28.5 Å². The van der Waals surface area contributed by atoms with Crippen LogP contribution in [0, 0.1) is 0 Å². The van der Waals surface area contributed by atoms with Gasteiger partial charge in [0, 0.05) is 18.4 Å². The van der Waals surface area contributed by atoms with Gasteiger partial charge in [0.05, 0.1) is 0 Å². The summed E-state index contributed by atoms with van der Waals surface area (Å²) >= 11 is 0. The summed E-state index contributed by atoms with van der Waals surface area (Å²) in [6, 6.07) is 8.25. The fourth-order valence-corrected chi connectivity index (χ4v) is 1.92. The van der Waals surface area contributed by atoms with Crippen molar-refractivity contribution in [1.82, 2.24) is 9.97 Å². The van der Waals surface area contributed by atoms with Crippen molar-refractivity contribution in [3.05, 3.63) is 54.7 Å². The molecule has 0 fully saturated rings. The number of hydrogen-bond acceptors (Lipinski definition) is 5. The number of anilines is 3. The second-order valence-electron chi connectivity index (χ2n) is 4.52. The van der Waals surface area contributed by atoms with Crippen molar-refractivity contribution in [3.8, 4) is 0 Å². The van der Waals surface area contributed by atoms with Crippen LogP contribution in [0.3, 0.4) is 0 Å². The van der Waals surface area contributed by atoms with Crippen LogP contribution in [-0.2, 0) is 0 Å². The van der Waals surface area contributed by atoms with Gasteiger partial charge in [-0.3, -0.25) is 10.1 Å². The summed E-state index contributed by atoms with van der Waals surface area (Å²) in [5.74, 6) is -0.500. The molecule has 2 rings (SSSR count). The number of nitrogens with two attached hydrogens (primary N) is 2. The maximum atomic E-state index is 12.7.